The van der Waals surface area contributed by atoms with Crippen LogP contribution in [0.15, 0.2) is 18.2 Å². The van der Waals surface area contributed by atoms with Crippen LogP contribution >= 0.6 is 35.6 Å². The maximum atomic E-state index is 5.99. The normalized spacial score (nSPS) is 11.3. The lowest BCUT2D eigenvalue weighted by Crippen LogP contribution is -1.98. The van der Waals surface area contributed by atoms with E-state index in [9.17, 15) is 0 Å². The van der Waals surface area contributed by atoms with E-state index in [0.717, 1.165) is 27.4 Å². The van der Waals surface area contributed by atoms with Crippen LogP contribution < -0.4 is 0 Å². The smallest absolute Gasteiger partial charge is 0.178 e. The summed E-state index contributed by atoms with van der Waals surface area (Å²) in [6.45, 7) is 0.986. The molecule has 0 fully saturated rings. The van der Waals surface area contributed by atoms with Crippen LogP contribution in [0.2, 0.25) is 5.02 Å². The number of unbranched alkanes of at least 4 members (excludes halogenated alkanes) is 3. The van der Waals surface area contributed by atoms with Crippen LogP contribution in [0.3, 0.4) is 0 Å². The molecule has 2 rings (SSSR count). The second kappa shape index (κ2) is 7.36. The maximum absolute atomic E-state index is 5.99. The number of benzene rings is 1. The molecule has 1 aromatic heterocycles. The lowest BCUT2D eigenvalue weighted by Gasteiger charge is -2.04. The Balaban J connectivity index is 1.97. The highest BCUT2D eigenvalue weighted by atomic mass is 35.5. The molecule has 0 radical (unpaired) electrons. The first-order valence-electron chi connectivity index (χ1n) is 6.59. The third-order valence-electron chi connectivity index (χ3n) is 3.22. The second-order valence-electron chi connectivity index (χ2n) is 4.65. The number of hydrogen-bond acceptors (Lipinski definition) is 2. The van der Waals surface area contributed by atoms with Crippen molar-refractivity contribution in [3.63, 3.8) is 0 Å². The summed E-state index contributed by atoms with van der Waals surface area (Å²) >= 11 is 13.3. The van der Waals surface area contributed by atoms with Gasteiger partial charge in [0.25, 0.3) is 0 Å². The standard InChI is InChI=1S/C14H19ClN2S2/c1-19-9-5-3-2-4-8-17-13-7-6-11(15)10-12(13)16-14(17)18/h6-7,10H,2-5,8-9H2,1H3,(H,16,18). The van der Waals surface area contributed by atoms with Crippen LogP contribution in [-0.4, -0.2) is 21.6 Å². The third-order valence-corrected chi connectivity index (χ3v) is 4.47. The molecule has 0 atom stereocenters. The summed E-state index contributed by atoms with van der Waals surface area (Å²) in [6.07, 6.45) is 7.23. The van der Waals surface area contributed by atoms with Gasteiger partial charge in [0.1, 0.15) is 0 Å². The molecular formula is C14H19ClN2S2. The van der Waals surface area contributed by atoms with E-state index >= 15 is 0 Å². The van der Waals surface area contributed by atoms with Crippen molar-refractivity contribution in [3.8, 4) is 0 Å². The van der Waals surface area contributed by atoms with Crippen molar-refractivity contribution in [1.82, 2.24) is 9.55 Å². The number of fused-ring (bicyclic) bond motifs is 1. The minimum Gasteiger partial charge on any atom is -0.331 e. The fourth-order valence-electron chi connectivity index (χ4n) is 2.23. The molecular weight excluding hydrogens is 296 g/mol. The molecule has 2 aromatic rings. The summed E-state index contributed by atoms with van der Waals surface area (Å²) in [5.41, 5.74) is 2.18. The van der Waals surface area contributed by atoms with Gasteiger partial charge < -0.3 is 9.55 Å². The predicted octanol–water partition coefficient (Wildman–Crippen LogP) is 5.28. The van der Waals surface area contributed by atoms with Gasteiger partial charge in [-0.05, 0) is 55.3 Å². The summed E-state index contributed by atoms with van der Waals surface area (Å²) in [7, 11) is 0. The van der Waals surface area contributed by atoms with Gasteiger partial charge in [-0.3, -0.25) is 0 Å². The Kier molecular flexibility index (Phi) is 5.79. The highest BCUT2D eigenvalue weighted by Crippen LogP contribution is 2.19. The summed E-state index contributed by atoms with van der Waals surface area (Å²) in [5.74, 6) is 1.27. The zero-order chi connectivity index (χ0) is 13.7. The van der Waals surface area contributed by atoms with Crippen molar-refractivity contribution in [3.05, 3.63) is 28.0 Å². The van der Waals surface area contributed by atoms with E-state index in [1.54, 1.807) is 0 Å². The Bertz CT molecular complexity index is 589. The zero-order valence-electron chi connectivity index (χ0n) is 11.1. The van der Waals surface area contributed by atoms with Crippen LogP contribution in [0.4, 0.5) is 0 Å². The van der Waals surface area contributed by atoms with Crippen molar-refractivity contribution < 1.29 is 0 Å². The van der Waals surface area contributed by atoms with Gasteiger partial charge in [0.15, 0.2) is 4.77 Å². The van der Waals surface area contributed by atoms with Gasteiger partial charge in [0.05, 0.1) is 11.0 Å². The quantitative estimate of drug-likeness (QED) is 0.554. The van der Waals surface area contributed by atoms with Gasteiger partial charge in [-0.25, -0.2) is 0 Å². The fourth-order valence-corrected chi connectivity index (χ4v) is 3.19. The highest BCUT2D eigenvalue weighted by molar-refractivity contribution is 7.98. The molecule has 0 saturated heterocycles. The van der Waals surface area contributed by atoms with E-state index in [0.29, 0.717) is 0 Å². The van der Waals surface area contributed by atoms with Crippen LogP contribution in [-0.2, 0) is 6.54 Å². The van der Waals surface area contributed by atoms with E-state index in [1.165, 1.54) is 31.4 Å². The fraction of sp³-hybridized carbons (Fsp3) is 0.500. The molecule has 0 spiro atoms. The highest BCUT2D eigenvalue weighted by Gasteiger charge is 2.04. The minimum atomic E-state index is 0.743. The van der Waals surface area contributed by atoms with Crippen molar-refractivity contribution in [2.24, 2.45) is 0 Å². The maximum Gasteiger partial charge on any atom is 0.178 e. The number of hydrogen-bond donors (Lipinski definition) is 1. The molecule has 1 N–H and O–H groups in total. The topological polar surface area (TPSA) is 20.7 Å². The van der Waals surface area contributed by atoms with Crippen LogP contribution in [0.25, 0.3) is 11.0 Å². The van der Waals surface area contributed by atoms with Crippen molar-refractivity contribution in [2.45, 2.75) is 32.2 Å². The largest absolute Gasteiger partial charge is 0.331 e. The molecule has 1 heterocycles. The average molecular weight is 315 g/mol. The summed E-state index contributed by atoms with van der Waals surface area (Å²) in [6, 6.07) is 5.89. The first-order chi connectivity index (χ1) is 9.22. The van der Waals surface area contributed by atoms with Crippen LogP contribution in [0.1, 0.15) is 25.7 Å². The average Bonchev–Trinajstić information content (AvgIpc) is 2.69. The third kappa shape index (κ3) is 4.01. The predicted molar refractivity (Wildman–Crippen MR) is 89.0 cm³/mol. The second-order valence-corrected chi connectivity index (χ2v) is 6.46. The number of imidazole rings is 1. The molecule has 0 aliphatic rings. The number of rotatable bonds is 7. The van der Waals surface area contributed by atoms with E-state index in [1.807, 2.05) is 30.0 Å². The number of nitrogens with zero attached hydrogens (tertiary/aromatic N) is 1. The van der Waals surface area contributed by atoms with Crippen molar-refractivity contribution in [1.29, 1.82) is 0 Å². The van der Waals surface area contributed by atoms with Gasteiger partial charge in [0.2, 0.25) is 0 Å². The molecule has 5 heteroatoms. The van der Waals surface area contributed by atoms with Gasteiger partial charge in [-0.15, -0.1) is 0 Å². The van der Waals surface area contributed by atoms with Crippen LogP contribution in [0.5, 0.6) is 0 Å². The minimum absolute atomic E-state index is 0.743. The van der Waals surface area contributed by atoms with E-state index < -0.39 is 0 Å². The van der Waals surface area contributed by atoms with E-state index in [4.69, 9.17) is 23.8 Å². The molecule has 1 aromatic carbocycles. The number of aryl methyl sites for hydroxylation is 1. The van der Waals surface area contributed by atoms with Crippen molar-refractivity contribution >= 4 is 46.6 Å². The lowest BCUT2D eigenvalue weighted by molar-refractivity contribution is 0.589. The molecule has 19 heavy (non-hydrogen) atoms. The van der Waals surface area contributed by atoms with E-state index in [-0.39, 0.29) is 0 Å². The number of H-pyrrole nitrogens is 1. The monoisotopic (exact) mass is 314 g/mol. The Morgan fingerprint density at radius 2 is 2.05 bits per heavy atom. The van der Waals surface area contributed by atoms with Gasteiger partial charge in [-0.1, -0.05) is 24.4 Å². The Morgan fingerprint density at radius 1 is 1.26 bits per heavy atom. The van der Waals surface area contributed by atoms with E-state index in [2.05, 4.69) is 15.8 Å². The number of aromatic nitrogens is 2. The Labute approximate surface area is 128 Å². The first kappa shape index (κ1) is 14.9. The lowest BCUT2D eigenvalue weighted by atomic mass is 10.2. The zero-order valence-corrected chi connectivity index (χ0v) is 13.5. The first-order valence-corrected chi connectivity index (χ1v) is 8.77. The summed E-state index contributed by atoms with van der Waals surface area (Å²) in [4.78, 5) is 3.22. The molecule has 0 aliphatic carbocycles. The molecule has 0 unspecified atom stereocenters. The van der Waals surface area contributed by atoms with Crippen molar-refractivity contribution in [2.75, 3.05) is 12.0 Å². The molecule has 0 amide bonds. The number of thioether (sulfide) groups is 1. The molecule has 0 bridgehead atoms. The molecule has 104 valence electrons. The number of halogens is 1. The number of nitrogens with one attached hydrogen (secondary N) is 1. The molecule has 2 nitrogen and oxygen atoms in total. The van der Waals surface area contributed by atoms with Crippen LogP contribution in [0, 0.1) is 4.77 Å². The van der Waals surface area contributed by atoms with Gasteiger partial charge >= 0.3 is 0 Å². The summed E-state index contributed by atoms with van der Waals surface area (Å²) < 4.78 is 2.97. The SMILES string of the molecule is CSCCCCCCn1c(=S)[nH]c2cc(Cl)ccc21. The Hall–Kier alpha value is -0.450. The molecule has 0 saturated carbocycles. The Morgan fingerprint density at radius 3 is 2.84 bits per heavy atom. The van der Waals surface area contributed by atoms with Gasteiger partial charge in [-0.2, -0.15) is 11.8 Å². The number of aromatic amines is 1. The molecule has 0 aliphatic heterocycles. The summed E-state index contributed by atoms with van der Waals surface area (Å²) in [5, 5.41) is 0.743. The van der Waals surface area contributed by atoms with Gasteiger partial charge in [0, 0.05) is 11.6 Å².